The zero-order valence-corrected chi connectivity index (χ0v) is 18.7. The number of carboxylic acid groups (broad SMARTS) is 1. The average Bonchev–Trinajstić information content (AvgIpc) is 3.24. The van der Waals surface area contributed by atoms with E-state index in [-0.39, 0.29) is 11.1 Å². The first kappa shape index (κ1) is 21.6. The molecule has 0 fully saturated rings. The lowest BCUT2D eigenvalue weighted by Crippen LogP contribution is -2.23. The van der Waals surface area contributed by atoms with Crippen molar-refractivity contribution in [2.75, 3.05) is 10.2 Å². The van der Waals surface area contributed by atoms with Crippen LogP contribution in [0.2, 0.25) is 0 Å². The van der Waals surface area contributed by atoms with Gasteiger partial charge >= 0.3 is 5.97 Å². The number of aryl methyl sites for hydroxylation is 1. The molecule has 0 bridgehead atoms. The number of carbonyl (C=O) groups is 1. The van der Waals surface area contributed by atoms with Gasteiger partial charge in [0, 0.05) is 36.6 Å². The number of rotatable bonds is 5. The van der Waals surface area contributed by atoms with Crippen molar-refractivity contribution < 1.29 is 14.3 Å². The fourth-order valence-corrected chi connectivity index (χ4v) is 4.43. The Kier molecular flexibility index (Phi) is 5.28. The maximum Gasteiger partial charge on any atom is 0.337 e. The minimum absolute atomic E-state index is 0.119. The number of hydrogen-bond acceptors (Lipinski definition) is 5. The van der Waals surface area contributed by atoms with Crippen molar-refractivity contribution >= 4 is 23.1 Å². The van der Waals surface area contributed by atoms with Gasteiger partial charge in [-0.3, -0.25) is 9.20 Å². The van der Waals surface area contributed by atoms with Crippen LogP contribution in [-0.2, 0) is 13.1 Å². The average molecular weight is 458 g/mol. The van der Waals surface area contributed by atoms with Crippen LogP contribution in [0.25, 0.3) is 5.65 Å². The molecule has 1 aliphatic rings. The van der Waals surface area contributed by atoms with Gasteiger partial charge in [0.1, 0.15) is 17.3 Å². The van der Waals surface area contributed by atoms with E-state index in [9.17, 15) is 19.1 Å². The van der Waals surface area contributed by atoms with E-state index in [2.05, 4.69) is 17.4 Å². The third-order valence-electron chi connectivity index (χ3n) is 6.15. The summed E-state index contributed by atoms with van der Waals surface area (Å²) in [5.74, 6) is -1.13. The summed E-state index contributed by atoms with van der Waals surface area (Å²) in [6, 6.07) is 15.4. The van der Waals surface area contributed by atoms with E-state index < -0.39 is 17.8 Å². The second-order valence-electron chi connectivity index (χ2n) is 8.60. The molecule has 8 heteroatoms. The van der Waals surface area contributed by atoms with Gasteiger partial charge in [0.2, 0.25) is 0 Å². The van der Waals surface area contributed by atoms with Gasteiger partial charge < -0.3 is 15.3 Å². The number of anilines is 2. The van der Waals surface area contributed by atoms with E-state index >= 15 is 0 Å². The topological polar surface area (TPSA) is 86.9 Å². The van der Waals surface area contributed by atoms with Crippen molar-refractivity contribution in [1.82, 2.24) is 9.38 Å². The normalized spacial score (nSPS) is 13.7. The van der Waals surface area contributed by atoms with Crippen LogP contribution in [0.4, 0.5) is 15.9 Å². The van der Waals surface area contributed by atoms with E-state index in [1.54, 1.807) is 25.1 Å². The molecule has 2 aromatic carbocycles. The minimum Gasteiger partial charge on any atom is -0.478 e. The third kappa shape index (κ3) is 3.87. The highest BCUT2D eigenvalue weighted by atomic mass is 19.1. The first-order valence-electron chi connectivity index (χ1n) is 11.0. The number of benzene rings is 2. The Morgan fingerprint density at radius 2 is 1.82 bits per heavy atom. The Bertz CT molecular complexity index is 1470. The Balaban J connectivity index is 1.56. The lowest BCUT2D eigenvalue weighted by molar-refractivity contribution is 0.0697. The number of halogens is 1. The first-order valence-corrected chi connectivity index (χ1v) is 11.0. The molecule has 5 rings (SSSR count). The van der Waals surface area contributed by atoms with Crippen LogP contribution in [0.5, 0.6) is 0 Å². The third-order valence-corrected chi connectivity index (χ3v) is 6.15. The fourth-order valence-electron chi connectivity index (χ4n) is 4.43. The zero-order chi connectivity index (χ0) is 24.0. The Morgan fingerprint density at radius 1 is 1.12 bits per heavy atom. The number of hydrogen-bond donors (Lipinski definition) is 2. The molecule has 2 N–H and O–H groups in total. The van der Waals surface area contributed by atoms with Crippen molar-refractivity contribution in [3.05, 3.63) is 105 Å². The molecule has 0 amide bonds. The Labute approximate surface area is 195 Å². The first-order chi connectivity index (χ1) is 16.3. The van der Waals surface area contributed by atoms with E-state index in [0.717, 1.165) is 11.8 Å². The summed E-state index contributed by atoms with van der Waals surface area (Å²) in [6.07, 6.45) is 1.12. The van der Waals surface area contributed by atoms with Crippen LogP contribution in [-0.4, -0.2) is 20.5 Å². The Hall–Kier alpha value is -4.20. The number of nitrogens with zero attached hydrogens (tertiary/aromatic N) is 3. The SMILES string of the molecule is Cc1ccc(N[C@H](C)c2cc(F)cn3c(=O)cc(N4Cc5ccccc5C4)nc23)c(C(=O)O)c1. The summed E-state index contributed by atoms with van der Waals surface area (Å²) in [7, 11) is 0. The highest BCUT2D eigenvalue weighted by Crippen LogP contribution is 2.29. The molecule has 0 saturated carbocycles. The molecular formula is C26H23FN4O3. The maximum absolute atomic E-state index is 14.5. The number of fused-ring (bicyclic) bond motifs is 2. The van der Waals surface area contributed by atoms with Crippen molar-refractivity contribution in [2.24, 2.45) is 0 Å². The molecule has 34 heavy (non-hydrogen) atoms. The second-order valence-corrected chi connectivity index (χ2v) is 8.60. The molecule has 0 spiro atoms. The second kappa shape index (κ2) is 8.30. The summed E-state index contributed by atoms with van der Waals surface area (Å²) in [6.45, 7) is 4.86. The molecule has 1 aliphatic heterocycles. The summed E-state index contributed by atoms with van der Waals surface area (Å²) in [5, 5.41) is 12.8. The molecule has 172 valence electrons. The molecule has 0 radical (unpaired) electrons. The van der Waals surface area contributed by atoms with Gasteiger partial charge in [0.05, 0.1) is 11.6 Å². The number of aromatic carboxylic acids is 1. The minimum atomic E-state index is -1.06. The van der Waals surface area contributed by atoms with E-state index in [1.807, 2.05) is 24.0 Å². The van der Waals surface area contributed by atoms with Gasteiger partial charge in [-0.15, -0.1) is 0 Å². The number of carboxylic acids is 1. The summed E-state index contributed by atoms with van der Waals surface area (Å²) >= 11 is 0. The van der Waals surface area contributed by atoms with Crippen molar-refractivity contribution in [2.45, 2.75) is 33.0 Å². The molecule has 7 nitrogen and oxygen atoms in total. The quantitative estimate of drug-likeness (QED) is 0.457. The van der Waals surface area contributed by atoms with E-state index in [1.165, 1.54) is 27.7 Å². The number of aromatic nitrogens is 2. The van der Waals surface area contributed by atoms with E-state index in [0.29, 0.717) is 35.8 Å². The maximum atomic E-state index is 14.5. The van der Waals surface area contributed by atoms with Crippen LogP contribution in [0.1, 0.15) is 45.6 Å². The smallest absolute Gasteiger partial charge is 0.337 e. The predicted octanol–water partition coefficient (Wildman–Crippen LogP) is 4.53. The van der Waals surface area contributed by atoms with Gasteiger partial charge in [-0.2, -0.15) is 0 Å². The van der Waals surface area contributed by atoms with Crippen LogP contribution >= 0.6 is 0 Å². The van der Waals surface area contributed by atoms with Gasteiger partial charge in [0.25, 0.3) is 5.56 Å². The molecule has 0 saturated heterocycles. The monoisotopic (exact) mass is 458 g/mol. The number of nitrogens with one attached hydrogen (secondary N) is 1. The lowest BCUT2D eigenvalue weighted by Gasteiger charge is -2.21. The summed E-state index contributed by atoms with van der Waals surface area (Å²) < 4.78 is 15.7. The van der Waals surface area contributed by atoms with Crippen LogP contribution < -0.4 is 15.8 Å². The molecular weight excluding hydrogens is 435 g/mol. The number of pyridine rings is 1. The van der Waals surface area contributed by atoms with Gasteiger partial charge in [-0.05, 0) is 43.2 Å². The van der Waals surface area contributed by atoms with Crippen molar-refractivity contribution in [3.8, 4) is 0 Å². The van der Waals surface area contributed by atoms with Crippen molar-refractivity contribution in [1.29, 1.82) is 0 Å². The molecule has 1 atom stereocenters. The predicted molar refractivity (Wildman–Crippen MR) is 128 cm³/mol. The molecule has 4 aromatic rings. The molecule has 0 unspecified atom stereocenters. The Morgan fingerprint density at radius 3 is 2.50 bits per heavy atom. The molecule has 3 heterocycles. The standard InChI is InChI=1S/C26H23FN4O3/c1-15-7-8-22(21(9-15)26(33)34)28-16(2)20-10-19(27)14-31-24(32)11-23(29-25(20)31)30-12-17-5-3-4-6-18(17)13-30/h3-11,14,16,28H,12-13H2,1-2H3,(H,33,34)/t16-/m1/s1. The largest absolute Gasteiger partial charge is 0.478 e. The van der Waals surface area contributed by atoms with Crippen LogP contribution in [0.3, 0.4) is 0 Å². The van der Waals surface area contributed by atoms with Crippen molar-refractivity contribution in [3.63, 3.8) is 0 Å². The van der Waals surface area contributed by atoms with Gasteiger partial charge in [-0.1, -0.05) is 35.9 Å². The molecule has 2 aromatic heterocycles. The zero-order valence-electron chi connectivity index (χ0n) is 18.7. The van der Waals surface area contributed by atoms with E-state index in [4.69, 9.17) is 4.98 Å². The highest BCUT2D eigenvalue weighted by molar-refractivity contribution is 5.94. The summed E-state index contributed by atoms with van der Waals surface area (Å²) in [5.41, 5.74) is 4.09. The fraction of sp³-hybridized carbons (Fsp3) is 0.192. The summed E-state index contributed by atoms with van der Waals surface area (Å²) in [4.78, 5) is 31.4. The van der Waals surface area contributed by atoms with Crippen LogP contribution in [0.15, 0.2) is 65.6 Å². The lowest BCUT2D eigenvalue weighted by atomic mass is 10.1. The highest BCUT2D eigenvalue weighted by Gasteiger charge is 2.23. The van der Waals surface area contributed by atoms with Gasteiger partial charge in [0.15, 0.2) is 0 Å². The molecule has 0 aliphatic carbocycles. The van der Waals surface area contributed by atoms with Gasteiger partial charge in [-0.25, -0.2) is 14.2 Å². The van der Waals surface area contributed by atoms with Crippen LogP contribution in [0, 0.1) is 12.7 Å².